The summed E-state index contributed by atoms with van der Waals surface area (Å²) in [7, 11) is 1.47. The molecule has 4 rings (SSSR count). The number of hydrogen-bond donors (Lipinski definition) is 4. The van der Waals surface area contributed by atoms with E-state index in [-0.39, 0.29) is 6.54 Å². The monoisotopic (exact) mass is 417 g/mol. The molecular weight excluding hydrogens is 393 g/mol. The van der Waals surface area contributed by atoms with Crippen LogP contribution >= 0.6 is 0 Å². The van der Waals surface area contributed by atoms with Gasteiger partial charge in [-0.25, -0.2) is 4.39 Å². The van der Waals surface area contributed by atoms with E-state index in [0.717, 1.165) is 10.9 Å². The molecule has 0 spiro atoms. The average Bonchev–Trinajstić information content (AvgIpc) is 3.12. The Morgan fingerprint density at radius 3 is 2.53 bits per heavy atom. The Labute approximate surface area is 172 Å². The van der Waals surface area contributed by atoms with Crippen LogP contribution in [0.1, 0.15) is 17.2 Å². The van der Waals surface area contributed by atoms with E-state index in [9.17, 15) is 24.8 Å². The van der Waals surface area contributed by atoms with Gasteiger partial charge in [0.2, 0.25) is 0 Å². The largest absolute Gasteiger partial charge is 0.497 e. The van der Waals surface area contributed by atoms with Crippen molar-refractivity contribution in [1.29, 1.82) is 0 Å². The molecule has 0 aliphatic carbocycles. The minimum Gasteiger partial charge on any atom is -0.497 e. The van der Waals surface area contributed by atoms with Gasteiger partial charge in [-0.3, -0.25) is 0 Å². The number of halogens is 1. The molecule has 0 radical (unpaired) electrons. The smallest absolute Gasteiger partial charge is 0.131 e. The van der Waals surface area contributed by atoms with Gasteiger partial charge in [0.1, 0.15) is 42.1 Å². The number of aromatic nitrogens is 1. The molecule has 2 heterocycles. The van der Waals surface area contributed by atoms with Gasteiger partial charge in [0.05, 0.1) is 20.3 Å². The Hall–Kier alpha value is -2.49. The molecule has 0 bridgehead atoms. The fourth-order valence-electron chi connectivity index (χ4n) is 3.96. The predicted molar refractivity (Wildman–Crippen MR) is 107 cm³/mol. The van der Waals surface area contributed by atoms with Gasteiger partial charge < -0.3 is 34.5 Å². The minimum absolute atomic E-state index is 0.230. The molecule has 3 aromatic rings. The summed E-state index contributed by atoms with van der Waals surface area (Å²) in [4.78, 5) is 0. The second-order valence-electron chi connectivity index (χ2n) is 7.44. The van der Waals surface area contributed by atoms with Gasteiger partial charge in [-0.1, -0.05) is 24.3 Å². The number of aliphatic hydroxyl groups is 4. The quantitative estimate of drug-likeness (QED) is 0.500. The molecule has 160 valence electrons. The Kier molecular flexibility index (Phi) is 5.77. The highest BCUT2D eigenvalue weighted by molar-refractivity contribution is 5.84. The number of rotatable bonds is 5. The van der Waals surface area contributed by atoms with Crippen molar-refractivity contribution in [1.82, 2.24) is 4.57 Å². The van der Waals surface area contributed by atoms with Crippen LogP contribution in [0.3, 0.4) is 0 Å². The molecule has 1 aromatic heterocycles. The van der Waals surface area contributed by atoms with Gasteiger partial charge in [-0.15, -0.1) is 0 Å². The molecule has 0 saturated carbocycles. The third kappa shape index (κ3) is 3.57. The topological polar surface area (TPSA) is 104 Å². The Morgan fingerprint density at radius 1 is 1.07 bits per heavy atom. The summed E-state index contributed by atoms with van der Waals surface area (Å²) < 4.78 is 27.1. The first-order valence-corrected chi connectivity index (χ1v) is 9.65. The van der Waals surface area contributed by atoms with Crippen molar-refractivity contribution >= 4 is 10.9 Å². The minimum atomic E-state index is -1.47. The highest BCUT2D eigenvalue weighted by Gasteiger charge is 2.44. The summed E-state index contributed by atoms with van der Waals surface area (Å²) in [5.74, 6) is 0.0251. The van der Waals surface area contributed by atoms with E-state index in [2.05, 4.69) is 0 Å². The van der Waals surface area contributed by atoms with Crippen LogP contribution in [-0.4, -0.2) is 63.1 Å². The first-order valence-electron chi connectivity index (χ1n) is 9.65. The van der Waals surface area contributed by atoms with E-state index in [1.165, 1.54) is 13.2 Å². The molecule has 8 heteroatoms. The molecule has 0 unspecified atom stereocenters. The molecule has 5 atom stereocenters. The molecule has 1 aliphatic rings. The molecular formula is C22H24FNO6. The van der Waals surface area contributed by atoms with Crippen LogP contribution < -0.4 is 4.74 Å². The van der Waals surface area contributed by atoms with Crippen LogP contribution in [0.25, 0.3) is 10.9 Å². The number of ether oxygens (including phenoxy) is 2. The molecule has 2 aromatic carbocycles. The van der Waals surface area contributed by atoms with Crippen molar-refractivity contribution in [2.75, 3.05) is 13.7 Å². The van der Waals surface area contributed by atoms with Gasteiger partial charge >= 0.3 is 0 Å². The number of fused-ring (bicyclic) bond motifs is 1. The highest BCUT2D eigenvalue weighted by Crippen LogP contribution is 2.37. The number of aliphatic hydroxyl groups excluding tert-OH is 4. The van der Waals surface area contributed by atoms with Gasteiger partial charge in [-0.05, 0) is 12.1 Å². The van der Waals surface area contributed by atoms with E-state index in [4.69, 9.17) is 9.47 Å². The normalized spacial score (nSPS) is 26.8. The van der Waals surface area contributed by atoms with E-state index in [1.54, 1.807) is 18.3 Å². The molecule has 7 nitrogen and oxygen atoms in total. The van der Waals surface area contributed by atoms with E-state index < -0.39 is 42.9 Å². The van der Waals surface area contributed by atoms with Crippen LogP contribution in [0.5, 0.6) is 5.75 Å². The number of methoxy groups -OCH3 is 1. The van der Waals surface area contributed by atoms with Gasteiger partial charge in [-0.2, -0.15) is 0 Å². The van der Waals surface area contributed by atoms with Crippen molar-refractivity contribution in [3.05, 3.63) is 65.6 Å². The fraction of sp³-hybridized carbons (Fsp3) is 0.364. The highest BCUT2D eigenvalue weighted by atomic mass is 19.1. The summed E-state index contributed by atoms with van der Waals surface area (Å²) >= 11 is 0. The van der Waals surface area contributed by atoms with Gasteiger partial charge in [0.15, 0.2) is 0 Å². The predicted octanol–water partition coefficient (Wildman–Crippen LogP) is 1.35. The summed E-state index contributed by atoms with van der Waals surface area (Å²) in [5.41, 5.74) is 1.83. The molecule has 4 N–H and O–H groups in total. The zero-order chi connectivity index (χ0) is 21.4. The molecule has 1 fully saturated rings. The maximum atomic E-state index is 14.5. The Bertz CT molecular complexity index is 1040. The average molecular weight is 417 g/mol. The number of nitrogens with zero attached hydrogens (tertiary/aromatic N) is 1. The standard InChI is InChI=1S/C22H24FNO6/c1-29-13-7-6-12(16(23)8-13)9-24-10-15(14-4-2-3-5-17(14)24)22-21(28)20(27)19(26)18(11-25)30-22/h2-8,10,18-22,25-28H,9,11H2,1H3/t18-,19-,20+,21-,22+/m1/s1. The molecule has 1 saturated heterocycles. The first kappa shape index (κ1) is 20.8. The molecule has 1 aliphatic heterocycles. The van der Waals surface area contributed by atoms with Crippen LogP contribution in [-0.2, 0) is 11.3 Å². The van der Waals surface area contributed by atoms with Crippen molar-refractivity contribution < 1.29 is 34.3 Å². The molecule has 30 heavy (non-hydrogen) atoms. The van der Waals surface area contributed by atoms with Crippen molar-refractivity contribution in [2.45, 2.75) is 37.1 Å². The van der Waals surface area contributed by atoms with Crippen molar-refractivity contribution in [3.8, 4) is 5.75 Å². The lowest BCUT2D eigenvalue weighted by molar-refractivity contribution is -0.231. The lowest BCUT2D eigenvalue weighted by Gasteiger charge is -2.40. The second kappa shape index (κ2) is 8.33. The Balaban J connectivity index is 1.74. The second-order valence-corrected chi connectivity index (χ2v) is 7.44. The third-order valence-corrected chi connectivity index (χ3v) is 5.62. The van der Waals surface area contributed by atoms with Crippen molar-refractivity contribution in [2.24, 2.45) is 0 Å². The number of benzene rings is 2. The van der Waals surface area contributed by atoms with Crippen LogP contribution in [0.2, 0.25) is 0 Å². The summed E-state index contributed by atoms with van der Waals surface area (Å²) in [6.07, 6.45) is -4.52. The maximum Gasteiger partial charge on any atom is 0.131 e. The first-order chi connectivity index (χ1) is 14.4. The number of hydrogen-bond acceptors (Lipinski definition) is 6. The third-order valence-electron chi connectivity index (χ3n) is 5.62. The van der Waals surface area contributed by atoms with Crippen LogP contribution in [0.15, 0.2) is 48.7 Å². The summed E-state index contributed by atoms with van der Waals surface area (Å²) in [6.45, 7) is -0.273. The fourth-order valence-corrected chi connectivity index (χ4v) is 3.96. The maximum absolute atomic E-state index is 14.5. The SMILES string of the molecule is COc1ccc(Cn2cc([C@@H]3O[C@H](CO)[C@@H](O)[C@H](O)[C@H]3O)c3ccccc32)c(F)c1. The lowest BCUT2D eigenvalue weighted by atomic mass is 9.91. The summed E-state index contributed by atoms with van der Waals surface area (Å²) in [6, 6.07) is 12.0. The zero-order valence-corrected chi connectivity index (χ0v) is 16.4. The molecule has 0 amide bonds. The number of para-hydroxylation sites is 1. The van der Waals surface area contributed by atoms with Crippen LogP contribution in [0.4, 0.5) is 4.39 Å². The zero-order valence-electron chi connectivity index (χ0n) is 16.4. The van der Waals surface area contributed by atoms with Gasteiger partial charge in [0, 0.05) is 34.3 Å². The van der Waals surface area contributed by atoms with E-state index in [0.29, 0.717) is 16.9 Å². The van der Waals surface area contributed by atoms with E-state index in [1.807, 2.05) is 28.8 Å². The van der Waals surface area contributed by atoms with Gasteiger partial charge in [0.25, 0.3) is 0 Å². The summed E-state index contributed by atoms with van der Waals surface area (Å²) in [5, 5.41) is 41.0. The lowest BCUT2D eigenvalue weighted by Crippen LogP contribution is -2.55. The van der Waals surface area contributed by atoms with E-state index >= 15 is 0 Å². The van der Waals surface area contributed by atoms with Crippen molar-refractivity contribution in [3.63, 3.8) is 0 Å². The Morgan fingerprint density at radius 2 is 1.83 bits per heavy atom. The van der Waals surface area contributed by atoms with Crippen LogP contribution in [0, 0.1) is 5.82 Å².